The number of nitrogens with zero attached hydrogens (tertiary/aromatic N) is 2. The normalized spacial score (nSPS) is 18.4. The van der Waals surface area contributed by atoms with Crippen molar-refractivity contribution in [3.63, 3.8) is 0 Å². The largest absolute Gasteiger partial charge is 0.331 e. The van der Waals surface area contributed by atoms with Crippen LogP contribution < -0.4 is 5.32 Å². The van der Waals surface area contributed by atoms with Gasteiger partial charge in [0.05, 0.1) is 11.6 Å². The molecule has 5 rings (SSSR count). The second-order valence-electron chi connectivity index (χ2n) is 9.90. The number of rotatable bonds is 6. The van der Waals surface area contributed by atoms with Crippen LogP contribution in [0.1, 0.15) is 61.3 Å². The molecule has 1 saturated carbocycles. The fourth-order valence-electron chi connectivity index (χ4n) is 5.44. The molecule has 0 aliphatic heterocycles. The zero-order valence-corrected chi connectivity index (χ0v) is 21.7. The second-order valence-corrected chi connectivity index (χ2v) is 10.3. The van der Waals surface area contributed by atoms with Crippen LogP contribution in [-0.4, -0.2) is 22.0 Å². The molecule has 2 amide bonds. The number of benzene rings is 3. The minimum Gasteiger partial charge on any atom is -0.331 e. The van der Waals surface area contributed by atoms with Crippen molar-refractivity contribution in [2.45, 2.75) is 57.2 Å². The summed E-state index contributed by atoms with van der Waals surface area (Å²) in [6, 6.07) is 24.4. The van der Waals surface area contributed by atoms with Crippen LogP contribution in [0.2, 0.25) is 5.02 Å². The molecule has 1 N–H and O–H groups in total. The zero-order valence-electron chi connectivity index (χ0n) is 20.9. The maximum Gasteiger partial charge on any atom is 0.318 e. The van der Waals surface area contributed by atoms with Crippen LogP contribution in [0.3, 0.4) is 0 Å². The van der Waals surface area contributed by atoms with E-state index in [2.05, 4.69) is 22.4 Å². The topological polar surface area (TPSA) is 45.2 Å². The van der Waals surface area contributed by atoms with Gasteiger partial charge >= 0.3 is 6.03 Å². The van der Waals surface area contributed by atoms with Gasteiger partial charge in [0.25, 0.3) is 0 Å². The van der Waals surface area contributed by atoms with E-state index in [1.807, 2.05) is 66.6 Å². The number of carbonyl (C=O) groups excluding carboxylic acids is 1. The molecule has 37 heavy (non-hydrogen) atoms. The Labute approximate surface area is 222 Å². The average Bonchev–Trinajstić information content (AvgIpc) is 2.92. The smallest absolute Gasteiger partial charge is 0.318 e. The summed E-state index contributed by atoms with van der Waals surface area (Å²) in [5.74, 6) is 0.0779. The summed E-state index contributed by atoms with van der Waals surface area (Å²) >= 11 is 6.04. The van der Waals surface area contributed by atoms with Gasteiger partial charge in [-0.05, 0) is 91.6 Å². The van der Waals surface area contributed by atoms with E-state index < -0.39 is 0 Å². The van der Waals surface area contributed by atoms with Gasteiger partial charge < -0.3 is 10.2 Å². The summed E-state index contributed by atoms with van der Waals surface area (Å²) in [6.07, 6.45) is 5.46. The Morgan fingerprint density at radius 1 is 1.03 bits per heavy atom. The van der Waals surface area contributed by atoms with Crippen molar-refractivity contribution >= 4 is 28.5 Å². The highest BCUT2D eigenvalue weighted by atomic mass is 35.5. The van der Waals surface area contributed by atoms with Gasteiger partial charge in [0.15, 0.2) is 0 Å². The maximum atomic E-state index is 14.0. The lowest BCUT2D eigenvalue weighted by Gasteiger charge is -2.38. The van der Waals surface area contributed by atoms with Gasteiger partial charge in [-0.1, -0.05) is 54.1 Å². The van der Waals surface area contributed by atoms with E-state index in [1.165, 1.54) is 6.07 Å². The molecule has 1 aliphatic carbocycles. The fourth-order valence-corrected chi connectivity index (χ4v) is 5.57. The van der Waals surface area contributed by atoms with Crippen molar-refractivity contribution in [3.8, 4) is 0 Å². The number of hydrogen-bond acceptors (Lipinski definition) is 2. The van der Waals surface area contributed by atoms with E-state index in [0.717, 1.165) is 53.3 Å². The van der Waals surface area contributed by atoms with Crippen LogP contribution in [-0.2, 0) is 6.54 Å². The molecule has 1 aromatic heterocycles. The summed E-state index contributed by atoms with van der Waals surface area (Å²) in [7, 11) is 0. The number of halogens is 2. The molecule has 3 aromatic carbocycles. The lowest BCUT2D eigenvalue weighted by molar-refractivity contribution is 0.144. The molecule has 4 aromatic rings. The molecule has 0 radical (unpaired) electrons. The van der Waals surface area contributed by atoms with E-state index in [4.69, 9.17) is 11.6 Å². The Morgan fingerprint density at radius 3 is 2.49 bits per heavy atom. The lowest BCUT2D eigenvalue weighted by atomic mass is 9.80. The van der Waals surface area contributed by atoms with Crippen molar-refractivity contribution in [3.05, 3.63) is 113 Å². The predicted octanol–water partition coefficient (Wildman–Crippen LogP) is 8.03. The molecule has 6 heteroatoms. The van der Waals surface area contributed by atoms with Crippen molar-refractivity contribution < 1.29 is 9.18 Å². The summed E-state index contributed by atoms with van der Waals surface area (Å²) in [6.45, 7) is 2.55. The number of hydrogen-bond donors (Lipinski definition) is 1. The minimum atomic E-state index is -0.240. The van der Waals surface area contributed by atoms with Crippen molar-refractivity contribution in [2.24, 2.45) is 0 Å². The minimum absolute atomic E-state index is 0.0637. The molecule has 0 unspecified atom stereocenters. The Kier molecular flexibility index (Phi) is 7.71. The lowest BCUT2D eigenvalue weighted by Crippen LogP contribution is -2.47. The molecule has 1 heterocycles. The Balaban J connectivity index is 1.32. The summed E-state index contributed by atoms with van der Waals surface area (Å²) in [4.78, 5) is 20.0. The summed E-state index contributed by atoms with van der Waals surface area (Å²) in [5.41, 5.74) is 4.09. The van der Waals surface area contributed by atoms with Crippen LogP contribution in [0.15, 0.2) is 85.1 Å². The second kappa shape index (κ2) is 11.3. The van der Waals surface area contributed by atoms with Crippen LogP contribution in [0.5, 0.6) is 0 Å². The maximum absolute atomic E-state index is 14.0. The van der Waals surface area contributed by atoms with E-state index in [9.17, 15) is 9.18 Å². The van der Waals surface area contributed by atoms with Gasteiger partial charge in [-0.3, -0.25) is 4.98 Å². The number of pyridine rings is 1. The quantitative estimate of drug-likeness (QED) is 0.282. The molecule has 4 nitrogen and oxygen atoms in total. The number of fused-ring (bicyclic) bond motifs is 1. The zero-order chi connectivity index (χ0) is 25.8. The van der Waals surface area contributed by atoms with Crippen LogP contribution in [0.4, 0.5) is 9.18 Å². The van der Waals surface area contributed by atoms with Gasteiger partial charge in [0.1, 0.15) is 5.82 Å². The first-order chi connectivity index (χ1) is 18.0. The number of amides is 2. The molecule has 1 atom stereocenters. The number of urea groups is 1. The highest BCUT2D eigenvalue weighted by Crippen LogP contribution is 2.38. The van der Waals surface area contributed by atoms with Gasteiger partial charge in [0, 0.05) is 29.2 Å². The van der Waals surface area contributed by atoms with Crippen molar-refractivity contribution in [1.82, 2.24) is 15.2 Å². The molecule has 1 fully saturated rings. The SMILES string of the molecule is C[C@H](NC(=O)N(Cc1ccccc1)C1CCC(c2ccnc3ccc(F)cc23)CC1)c1ccc(Cl)cc1. The molecule has 0 saturated heterocycles. The van der Waals surface area contributed by atoms with E-state index in [-0.39, 0.29) is 23.9 Å². The summed E-state index contributed by atoms with van der Waals surface area (Å²) in [5, 5.41) is 4.77. The fraction of sp³-hybridized carbons (Fsp3) is 0.290. The first-order valence-electron chi connectivity index (χ1n) is 12.9. The first kappa shape index (κ1) is 25.2. The average molecular weight is 516 g/mol. The van der Waals surface area contributed by atoms with Crippen LogP contribution >= 0.6 is 11.6 Å². The van der Waals surface area contributed by atoms with E-state index >= 15 is 0 Å². The van der Waals surface area contributed by atoms with Gasteiger partial charge in [-0.25, -0.2) is 9.18 Å². The van der Waals surface area contributed by atoms with E-state index in [1.54, 1.807) is 12.1 Å². The number of aromatic nitrogens is 1. The number of nitrogens with one attached hydrogen (secondary N) is 1. The molecule has 190 valence electrons. The predicted molar refractivity (Wildman–Crippen MR) is 147 cm³/mol. The Morgan fingerprint density at radius 2 is 1.76 bits per heavy atom. The van der Waals surface area contributed by atoms with Crippen molar-refractivity contribution in [1.29, 1.82) is 0 Å². The standard InChI is InChI=1S/C31H31ClFN3O/c1-21(23-7-11-25(32)12-8-23)35-31(37)36(20-22-5-3-2-4-6-22)27-14-9-24(10-15-27)28-17-18-34-30-16-13-26(33)19-29(28)30/h2-8,11-13,16-19,21,24,27H,9-10,14-15,20H2,1H3,(H,35,37)/t21-,24?,27?/m0/s1. The van der Waals surface area contributed by atoms with Gasteiger partial charge in [-0.2, -0.15) is 0 Å². The van der Waals surface area contributed by atoms with Crippen molar-refractivity contribution in [2.75, 3.05) is 0 Å². The molecular formula is C31H31ClFN3O. The van der Waals surface area contributed by atoms with Crippen LogP contribution in [0.25, 0.3) is 10.9 Å². The van der Waals surface area contributed by atoms with Gasteiger partial charge in [0.2, 0.25) is 0 Å². The molecule has 1 aliphatic rings. The monoisotopic (exact) mass is 515 g/mol. The molecule has 0 bridgehead atoms. The summed E-state index contributed by atoms with van der Waals surface area (Å²) < 4.78 is 14.0. The van der Waals surface area contributed by atoms with Gasteiger partial charge in [-0.15, -0.1) is 0 Å². The third-order valence-corrected chi connectivity index (χ3v) is 7.73. The van der Waals surface area contributed by atoms with Crippen LogP contribution in [0, 0.1) is 5.82 Å². The Bertz CT molecular complexity index is 1350. The third kappa shape index (κ3) is 5.94. The highest BCUT2D eigenvalue weighted by molar-refractivity contribution is 6.30. The highest BCUT2D eigenvalue weighted by Gasteiger charge is 2.31. The third-order valence-electron chi connectivity index (χ3n) is 7.48. The number of carbonyl (C=O) groups is 1. The molecule has 0 spiro atoms. The molecular weight excluding hydrogens is 485 g/mol. The Hall–Kier alpha value is -3.44. The first-order valence-corrected chi connectivity index (χ1v) is 13.3. The van der Waals surface area contributed by atoms with E-state index in [0.29, 0.717) is 17.5 Å².